The van der Waals surface area contributed by atoms with Gasteiger partial charge in [-0.2, -0.15) is 0 Å². The Hall–Kier alpha value is -0.640. The summed E-state index contributed by atoms with van der Waals surface area (Å²) in [6.07, 6.45) is 11.3. The molecule has 0 aliphatic heterocycles. The van der Waals surface area contributed by atoms with Crippen molar-refractivity contribution in [2.45, 2.75) is 77.2 Å². The van der Waals surface area contributed by atoms with Crippen LogP contribution in [0.2, 0.25) is 0 Å². The SMILES string of the molecule is CCC1(C(=O)NC(C(N)=S)C2CCCCC2)CCCC1. The first-order chi connectivity index (χ1) is 9.59. The van der Waals surface area contributed by atoms with Crippen LogP contribution in [-0.4, -0.2) is 16.9 Å². The molecular weight excluding hydrogens is 268 g/mol. The summed E-state index contributed by atoms with van der Waals surface area (Å²) in [6.45, 7) is 2.13. The summed E-state index contributed by atoms with van der Waals surface area (Å²) < 4.78 is 0. The zero-order valence-electron chi connectivity index (χ0n) is 12.6. The number of carbonyl (C=O) groups excluding carboxylic acids is 1. The topological polar surface area (TPSA) is 55.1 Å². The highest BCUT2D eigenvalue weighted by atomic mass is 32.1. The third-order valence-corrected chi connectivity index (χ3v) is 5.69. The highest BCUT2D eigenvalue weighted by molar-refractivity contribution is 7.80. The Bertz CT molecular complexity index is 357. The normalized spacial score (nSPS) is 24.2. The molecule has 2 rings (SSSR count). The van der Waals surface area contributed by atoms with Crippen molar-refractivity contribution in [1.29, 1.82) is 0 Å². The van der Waals surface area contributed by atoms with Gasteiger partial charge < -0.3 is 11.1 Å². The molecule has 0 radical (unpaired) electrons. The third kappa shape index (κ3) is 3.33. The van der Waals surface area contributed by atoms with Crippen LogP contribution in [0.5, 0.6) is 0 Å². The number of amides is 1. The van der Waals surface area contributed by atoms with E-state index in [1.165, 1.54) is 32.1 Å². The second kappa shape index (κ2) is 6.88. The lowest BCUT2D eigenvalue weighted by atomic mass is 9.80. The van der Waals surface area contributed by atoms with Crippen LogP contribution >= 0.6 is 12.2 Å². The Morgan fingerprint density at radius 2 is 1.85 bits per heavy atom. The summed E-state index contributed by atoms with van der Waals surface area (Å²) in [5.74, 6) is 0.640. The monoisotopic (exact) mass is 296 g/mol. The zero-order chi connectivity index (χ0) is 14.6. The molecule has 20 heavy (non-hydrogen) atoms. The largest absolute Gasteiger partial charge is 0.392 e. The highest BCUT2D eigenvalue weighted by Gasteiger charge is 2.41. The first-order valence-electron chi connectivity index (χ1n) is 8.19. The molecule has 3 N–H and O–H groups in total. The van der Waals surface area contributed by atoms with Gasteiger partial charge in [0.2, 0.25) is 5.91 Å². The van der Waals surface area contributed by atoms with E-state index in [2.05, 4.69) is 12.2 Å². The van der Waals surface area contributed by atoms with Crippen LogP contribution in [0.15, 0.2) is 0 Å². The Morgan fingerprint density at radius 1 is 1.25 bits per heavy atom. The minimum Gasteiger partial charge on any atom is -0.392 e. The van der Waals surface area contributed by atoms with E-state index in [0.29, 0.717) is 10.9 Å². The molecule has 2 fully saturated rings. The molecule has 2 aliphatic carbocycles. The molecule has 1 amide bonds. The van der Waals surface area contributed by atoms with E-state index in [1.54, 1.807) is 0 Å². The minimum atomic E-state index is -0.155. The van der Waals surface area contributed by atoms with Crippen molar-refractivity contribution in [3.63, 3.8) is 0 Å². The molecule has 0 aromatic rings. The number of hydrogen-bond acceptors (Lipinski definition) is 2. The molecule has 2 saturated carbocycles. The maximum atomic E-state index is 12.7. The fourth-order valence-electron chi connectivity index (χ4n) is 3.98. The molecule has 0 saturated heterocycles. The number of nitrogens with two attached hydrogens (primary N) is 1. The van der Waals surface area contributed by atoms with Crippen molar-refractivity contribution in [1.82, 2.24) is 5.32 Å². The molecule has 2 aliphatic rings. The summed E-state index contributed by atoms with van der Waals surface area (Å²) in [7, 11) is 0. The van der Waals surface area contributed by atoms with Gasteiger partial charge in [-0.1, -0.05) is 51.2 Å². The van der Waals surface area contributed by atoms with E-state index < -0.39 is 0 Å². The van der Waals surface area contributed by atoms with Gasteiger partial charge in [0.1, 0.15) is 0 Å². The predicted molar refractivity (Wildman–Crippen MR) is 86.5 cm³/mol. The first kappa shape index (κ1) is 15.7. The Morgan fingerprint density at radius 3 is 2.35 bits per heavy atom. The van der Waals surface area contributed by atoms with E-state index in [-0.39, 0.29) is 17.4 Å². The lowest BCUT2D eigenvalue weighted by Gasteiger charge is -2.34. The van der Waals surface area contributed by atoms with Crippen molar-refractivity contribution >= 4 is 23.1 Å². The van der Waals surface area contributed by atoms with Crippen LogP contribution < -0.4 is 11.1 Å². The highest BCUT2D eigenvalue weighted by Crippen LogP contribution is 2.41. The number of thiocarbonyl (C=S) groups is 1. The van der Waals surface area contributed by atoms with Crippen LogP contribution in [0.3, 0.4) is 0 Å². The van der Waals surface area contributed by atoms with Crippen LogP contribution in [0.4, 0.5) is 0 Å². The number of hydrogen-bond donors (Lipinski definition) is 2. The van der Waals surface area contributed by atoms with Crippen molar-refractivity contribution in [2.24, 2.45) is 17.1 Å². The van der Waals surface area contributed by atoms with Gasteiger partial charge in [0, 0.05) is 5.41 Å². The summed E-state index contributed by atoms with van der Waals surface area (Å²) in [6, 6.07) is -0.0955. The molecular formula is C16H28N2OS. The maximum absolute atomic E-state index is 12.7. The van der Waals surface area contributed by atoms with Crippen LogP contribution in [0, 0.1) is 11.3 Å². The predicted octanol–water partition coefficient (Wildman–Crippen LogP) is 3.31. The lowest BCUT2D eigenvalue weighted by molar-refractivity contribution is -0.131. The molecule has 0 spiro atoms. The summed E-state index contributed by atoms with van der Waals surface area (Å²) in [5.41, 5.74) is 5.76. The van der Waals surface area contributed by atoms with Crippen molar-refractivity contribution < 1.29 is 4.79 Å². The average Bonchev–Trinajstić information content (AvgIpc) is 2.95. The number of rotatable bonds is 5. The van der Waals surface area contributed by atoms with Gasteiger partial charge in [-0.15, -0.1) is 0 Å². The standard InChI is InChI=1S/C16H28N2OS/c1-2-16(10-6-7-11-16)15(19)18-13(14(17)20)12-8-4-3-5-9-12/h12-13H,2-11H2,1H3,(H2,17,20)(H,18,19). The maximum Gasteiger partial charge on any atom is 0.226 e. The molecule has 4 heteroatoms. The molecule has 1 unspecified atom stereocenters. The van der Waals surface area contributed by atoms with Crippen molar-refractivity contribution in [3.8, 4) is 0 Å². The quantitative estimate of drug-likeness (QED) is 0.765. The molecule has 3 nitrogen and oxygen atoms in total. The van der Waals surface area contributed by atoms with Crippen LogP contribution in [0.25, 0.3) is 0 Å². The molecule has 0 bridgehead atoms. The second-order valence-electron chi connectivity index (χ2n) is 6.59. The average molecular weight is 296 g/mol. The van der Waals surface area contributed by atoms with Crippen LogP contribution in [0.1, 0.15) is 71.1 Å². The molecule has 1 atom stereocenters. The zero-order valence-corrected chi connectivity index (χ0v) is 13.4. The fraction of sp³-hybridized carbons (Fsp3) is 0.875. The molecule has 114 valence electrons. The summed E-state index contributed by atoms with van der Waals surface area (Å²) in [4.78, 5) is 13.2. The van der Waals surface area contributed by atoms with Crippen molar-refractivity contribution in [2.75, 3.05) is 0 Å². The van der Waals surface area contributed by atoms with E-state index >= 15 is 0 Å². The fourth-order valence-corrected chi connectivity index (χ4v) is 4.23. The van der Waals surface area contributed by atoms with E-state index in [1.807, 2.05) is 0 Å². The molecule has 0 aromatic carbocycles. The van der Waals surface area contributed by atoms with Crippen molar-refractivity contribution in [3.05, 3.63) is 0 Å². The smallest absolute Gasteiger partial charge is 0.226 e. The number of carbonyl (C=O) groups is 1. The first-order valence-corrected chi connectivity index (χ1v) is 8.60. The number of nitrogens with one attached hydrogen (secondary N) is 1. The van der Waals surface area contributed by atoms with E-state index in [0.717, 1.165) is 32.1 Å². The van der Waals surface area contributed by atoms with Gasteiger partial charge >= 0.3 is 0 Å². The van der Waals surface area contributed by atoms with E-state index in [4.69, 9.17) is 18.0 Å². The lowest BCUT2D eigenvalue weighted by Crippen LogP contribution is -2.52. The summed E-state index contributed by atoms with van der Waals surface area (Å²) in [5, 5.41) is 3.21. The van der Waals surface area contributed by atoms with Gasteiger partial charge in [0.15, 0.2) is 0 Å². The Kier molecular flexibility index (Phi) is 5.42. The third-order valence-electron chi connectivity index (χ3n) is 5.43. The second-order valence-corrected chi connectivity index (χ2v) is 7.06. The van der Waals surface area contributed by atoms with Crippen LogP contribution in [-0.2, 0) is 4.79 Å². The van der Waals surface area contributed by atoms with Gasteiger partial charge in [-0.25, -0.2) is 0 Å². The summed E-state index contributed by atoms with van der Waals surface area (Å²) >= 11 is 5.23. The van der Waals surface area contributed by atoms with E-state index in [9.17, 15) is 4.79 Å². The van der Waals surface area contributed by atoms with Gasteiger partial charge in [-0.3, -0.25) is 4.79 Å². The minimum absolute atomic E-state index is 0.0955. The molecule has 0 aromatic heterocycles. The Labute approximate surface area is 128 Å². The van der Waals surface area contributed by atoms with Gasteiger partial charge in [0.05, 0.1) is 11.0 Å². The Balaban J connectivity index is 2.03. The molecule has 0 heterocycles. The van der Waals surface area contributed by atoms with Gasteiger partial charge in [0.25, 0.3) is 0 Å². The van der Waals surface area contributed by atoms with Gasteiger partial charge in [-0.05, 0) is 38.0 Å².